The van der Waals surface area contributed by atoms with Crippen molar-refractivity contribution in [1.82, 2.24) is 5.32 Å². The van der Waals surface area contributed by atoms with Gasteiger partial charge in [-0.1, -0.05) is 0 Å². The topological polar surface area (TPSA) is 38.3 Å². The van der Waals surface area contributed by atoms with Crippen molar-refractivity contribution in [3.63, 3.8) is 0 Å². The monoisotopic (exact) mass is 209 g/mol. The molecule has 4 aliphatic carbocycles. The summed E-state index contributed by atoms with van der Waals surface area (Å²) in [4.78, 5) is 10.6. The largest absolute Gasteiger partial charge is 0.461 e. The van der Waals surface area contributed by atoms with Crippen LogP contribution < -0.4 is 5.32 Å². The maximum Gasteiger partial charge on any atom is 0.293 e. The maximum atomic E-state index is 10.6. The summed E-state index contributed by atoms with van der Waals surface area (Å²) in [5, 5.41) is 3.46. The average Bonchev–Trinajstić information content (AvgIpc) is 2.16. The minimum Gasteiger partial charge on any atom is -0.461 e. The zero-order valence-electron chi connectivity index (χ0n) is 9.24. The molecule has 2 atom stereocenters. The van der Waals surface area contributed by atoms with Gasteiger partial charge in [0.2, 0.25) is 0 Å². The minimum atomic E-state index is -0.0778. The first-order valence-corrected chi connectivity index (χ1v) is 6.05. The molecule has 0 aromatic carbocycles. The van der Waals surface area contributed by atoms with E-state index in [1.807, 2.05) is 0 Å². The summed E-state index contributed by atoms with van der Waals surface area (Å²) in [6, 6.07) is 0.671. The summed E-state index contributed by atoms with van der Waals surface area (Å²) < 4.78 is 5.43. The van der Waals surface area contributed by atoms with Gasteiger partial charge in [-0.3, -0.25) is 4.79 Å². The molecule has 3 nitrogen and oxygen atoms in total. The van der Waals surface area contributed by atoms with Gasteiger partial charge in [0.05, 0.1) is 0 Å². The Morgan fingerprint density at radius 1 is 1.27 bits per heavy atom. The Bertz CT molecular complexity index is 263. The number of rotatable bonds is 3. The highest BCUT2D eigenvalue weighted by molar-refractivity contribution is 5.39. The number of nitrogens with one attached hydrogen (secondary N) is 1. The highest BCUT2D eigenvalue weighted by Gasteiger charge is 2.56. The van der Waals surface area contributed by atoms with Crippen molar-refractivity contribution >= 4 is 6.47 Å². The van der Waals surface area contributed by atoms with E-state index in [9.17, 15) is 4.79 Å². The molecule has 0 heterocycles. The van der Waals surface area contributed by atoms with E-state index in [0.717, 1.165) is 37.0 Å². The maximum absolute atomic E-state index is 10.6. The highest BCUT2D eigenvalue weighted by Crippen LogP contribution is 2.56. The smallest absolute Gasteiger partial charge is 0.293 e. The first-order chi connectivity index (χ1) is 7.26. The molecule has 0 radical (unpaired) electrons. The highest BCUT2D eigenvalue weighted by atomic mass is 16.5. The molecule has 15 heavy (non-hydrogen) atoms. The van der Waals surface area contributed by atoms with Crippen LogP contribution in [0.3, 0.4) is 0 Å². The SMILES string of the molecule is CNC1C2CC3CC1CC(OC=O)(C3)C2. The molecule has 0 amide bonds. The van der Waals surface area contributed by atoms with Gasteiger partial charge in [0.25, 0.3) is 6.47 Å². The minimum absolute atomic E-state index is 0.0778. The van der Waals surface area contributed by atoms with Crippen LogP contribution in [0, 0.1) is 17.8 Å². The first kappa shape index (κ1) is 9.64. The molecule has 0 spiro atoms. The summed E-state index contributed by atoms with van der Waals surface area (Å²) >= 11 is 0. The van der Waals surface area contributed by atoms with Gasteiger partial charge in [-0.2, -0.15) is 0 Å². The second-order valence-corrected chi connectivity index (χ2v) is 5.68. The summed E-state index contributed by atoms with van der Waals surface area (Å²) in [6.07, 6.45) is 5.97. The zero-order chi connectivity index (χ0) is 10.5. The van der Waals surface area contributed by atoms with Crippen molar-refractivity contribution in [2.75, 3.05) is 7.05 Å². The van der Waals surface area contributed by atoms with E-state index in [4.69, 9.17) is 4.74 Å². The third-order valence-corrected chi connectivity index (χ3v) is 4.85. The third kappa shape index (κ3) is 1.32. The molecule has 4 bridgehead atoms. The van der Waals surface area contributed by atoms with Crippen LogP contribution in [0.4, 0.5) is 0 Å². The predicted molar refractivity (Wildman–Crippen MR) is 56.3 cm³/mol. The lowest BCUT2D eigenvalue weighted by Crippen LogP contribution is -2.61. The number of carbonyl (C=O) groups is 1. The second kappa shape index (κ2) is 3.21. The Morgan fingerprint density at radius 3 is 2.47 bits per heavy atom. The van der Waals surface area contributed by atoms with E-state index < -0.39 is 0 Å². The van der Waals surface area contributed by atoms with E-state index in [-0.39, 0.29) is 5.60 Å². The second-order valence-electron chi connectivity index (χ2n) is 5.68. The Labute approximate surface area is 90.6 Å². The third-order valence-electron chi connectivity index (χ3n) is 4.85. The normalized spacial score (nSPS) is 51.8. The van der Waals surface area contributed by atoms with Crippen LogP contribution in [-0.2, 0) is 9.53 Å². The molecule has 4 aliphatic rings. The lowest BCUT2D eigenvalue weighted by atomic mass is 9.52. The van der Waals surface area contributed by atoms with Crippen LogP contribution in [0.2, 0.25) is 0 Å². The quantitative estimate of drug-likeness (QED) is 0.713. The number of hydrogen-bond acceptors (Lipinski definition) is 3. The summed E-state index contributed by atoms with van der Waals surface area (Å²) in [5.41, 5.74) is -0.0778. The van der Waals surface area contributed by atoms with Gasteiger partial charge in [0.15, 0.2) is 0 Å². The van der Waals surface area contributed by atoms with E-state index in [1.165, 1.54) is 12.8 Å². The fourth-order valence-electron chi connectivity index (χ4n) is 4.67. The van der Waals surface area contributed by atoms with Crippen LogP contribution in [-0.4, -0.2) is 25.2 Å². The lowest BCUT2D eigenvalue weighted by molar-refractivity contribution is -0.177. The number of ether oxygens (including phenoxy) is 1. The predicted octanol–water partition coefficient (Wildman–Crippen LogP) is 1.33. The molecule has 3 heteroatoms. The standard InChI is InChI=1S/C12H19NO2/c1-13-11-9-2-8-3-10(11)6-12(4-8,5-9)15-7-14/h7-11,13H,2-6H2,1H3. The number of carbonyl (C=O) groups excluding carboxylic acids is 1. The van der Waals surface area contributed by atoms with Crippen molar-refractivity contribution in [3.8, 4) is 0 Å². The van der Waals surface area contributed by atoms with Crippen LogP contribution in [0.25, 0.3) is 0 Å². The van der Waals surface area contributed by atoms with E-state index in [1.54, 1.807) is 0 Å². The van der Waals surface area contributed by atoms with E-state index in [2.05, 4.69) is 12.4 Å². The molecule has 4 rings (SSSR count). The molecule has 84 valence electrons. The van der Waals surface area contributed by atoms with Crippen LogP contribution >= 0.6 is 0 Å². The van der Waals surface area contributed by atoms with Gasteiger partial charge in [-0.25, -0.2) is 0 Å². The average molecular weight is 209 g/mol. The molecule has 0 aliphatic heterocycles. The van der Waals surface area contributed by atoms with Crippen molar-refractivity contribution < 1.29 is 9.53 Å². The molecule has 0 aromatic rings. The van der Waals surface area contributed by atoms with Crippen molar-refractivity contribution in [2.45, 2.75) is 43.7 Å². The molecule has 4 fully saturated rings. The first-order valence-electron chi connectivity index (χ1n) is 6.05. The molecular weight excluding hydrogens is 190 g/mol. The van der Waals surface area contributed by atoms with Gasteiger partial charge in [0, 0.05) is 6.04 Å². The molecule has 2 unspecified atom stereocenters. The van der Waals surface area contributed by atoms with Gasteiger partial charge < -0.3 is 10.1 Å². The number of hydrogen-bond donors (Lipinski definition) is 1. The van der Waals surface area contributed by atoms with Crippen LogP contribution in [0.1, 0.15) is 32.1 Å². The van der Waals surface area contributed by atoms with Crippen molar-refractivity contribution in [1.29, 1.82) is 0 Å². The Balaban J connectivity index is 1.85. The summed E-state index contributed by atoms with van der Waals surface area (Å²) in [7, 11) is 2.07. The lowest BCUT2D eigenvalue weighted by Gasteiger charge is -2.58. The molecule has 0 aromatic heterocycles. The van der Waals surface area contributed by atoms with Crippen LogP contribution in [0.5, 0.6) is 0 Å². The van der Waals surface area contributed by atoms with Gasteiger partial charge in [-0.05, 0) is 56.9 Å². The van der Waals surface area contributed by atoms with Gasteiger partial charge in [-0.15, -0.1) is 0 Å². The zero-order valence-corrected chi connectivity index (χ0v) is 9.24. The van der Waals surface area contributed by atoms with Gasteiger partial charge in [0.1, 0.15) is 5.60 Å². The Kier molecular flexibility index (Phi) is 2.06. The Morgan fingerprint density at radius 2 is 1.93 bits per heavy atom. The Hall–Kier alpha value is -0.570. The molecular formula is C12H19NO2. The molecule has 4 saturated carbocycles. The fourth-order valence-corrected chi connectivity index (χ4v) is 4.67. The van der Waals surface area contributed by atoms with Gasteiger partial charge >= 0.3 is 0 Å². The van der Waals surface area contributed by atoms with Crippen molar-refractivity contribution in [3.05, 3.63) is 0 Å². The molecule has 0 saturated heterocycles. The van der Waals surface area contributed by atoms with Crippen molar-refractivity contribution in [2.24, 2.45) is 17.8 Å². The summed E-state index contributed by atoms with van der Waals surface area (Å²) in [6.45, 7) is 0.668. The molecule has 1 N–H and O–H groups in total. The summed E-state index contributed by atoms with van der Waals surface area (Å²) in [5.74, 6) is 2.29. The van der Waals surface area contributed by atoms with Crippen LogP contribution in [0.15, 0.2) is 0 Å². The van der Waals surface area contributed by atoms with E-state index >= 15 is 0 Å². The fraction of sp³-hybridized carbons (Fsp3) is 0.917. The van der Waals surface area contributed by atoms with E-state index in [0.29, 0.717) is 12.5 Å².